The maximum atomic E-state index is 12.5. The Labute approximate surface area is 188 Å². The Bertz CT molecular complexity index is 1070. The average Bonchev–Trinajstić information content (AvgIpc) is 3.16. The van der Waals surface area contributed by atoms with Gasteiger partial charge in [0.05, 0.1) is 31.5 Å². The van der Waals surface area contributed by atoms with Crippen molar-refractivity contribution in [2.24, 2.45) is 0 Å². The van der Waals surface area contributed by atoms with Crippen LogP contribution in [0.3, 0.4) is 0 Å². The number of carbonyl (C=O) groups excluding carboxylic acids is 1. The minimum Gasteiger partial charge on any atom is -0.495 e. The van der Waals surface area contributed by atoms with E-state index >= 15 is 0 Å². The number of urea groups is 1. The summed E-state index contributed by atoms with van der Waals surface area (Å²) in [5.41, 5.74) is 6.57. The minimum atomic E-state index is -0.352. The number of halogens is 1. The molecule has 0 aliphatic carbocycles. The van der Waals surface area contributed by atoms with Crippen LogP contribution in [-0.4, -0.2) is 24.8 Å². The molecule has 2 N–H and O–H groups in total. The predicted molar refractivity (Wildman–Crippen MR) is 125 cm³/mol. The van der Waals surface area contributed by atoms with Gasteiger partial charge in [0.2, 0.25) is 0 Å². The molecule has 2 amide bonds. The van der Waals surface area contributed by atoms with Crippen molar-refractivity contribution < 1.29 is 14.3 Å². The number of hydrogen-bond donors (Lipinski definition) is 2. The number of benzene rings is 2. The SMILES string of the molecule is COc1cc(OC)c(NC(=O)NCc2cccn2Cc2c(C)cc(C)cc2C)cc1Cl. The van der Waals surface area contributed by atoms with Gasteiger partial charge in [-0.3, -0.25) is 0 Å². The second-order valence-corrected chi connectivity index (χ2v) is 7.91. The first kappa shape index (κ1) is 22.6. The first-order valence-corrected chi connectivity index (χ1v) is 10.4. The maximum absolute atomic E-state index is 12.5. The highest BCUT2D eigenvalue weighted by Crippen LogP contribution is 2.35. The van der Waals surface area contributed by atoms with Gasteiger partial charge in [-0.2, -0.15) is 0 Å². The molecular weight excluding hydrogens is 414 g/mol. The summed E-state index contributed by atoms with van der Waals surface area (Å²) in [4.78, 5) is 12.5. The molecule has 0 saturated heterocycles. The van der Waals surface area contributed by atoms with Crippen molar-refractivity contribution in [2.75, 3.05) is 19.5 Å². The summed E-state index contributed by atoms with van der Waals surface area (Å²) in [5, 5.41) is 6.07. The molecule has 0 atom stereocenters. The van der Waals surface area contributed by atoms with Crippen LogP contribution in [0.25, 0.3) is 0 Å². The van der Waals surface area contributed by atoms with Gasteiger partial charge in [0, 0.05) is 24.5 Å². The van der Waals surface area contributed by atoms with Crippen molar-refractivity contribution in [1.29, 1.82) is 0 Å². The molecule has 0 unspecified atom stereocenters. The van der Waals surface area contributed by atoms with E-state index in [2.05, 4.69) is 48.1 Å². The maximum Gasteiger partial charge on any atom is 0.319 e. The Morgan fingerprint density at radius 3 is 2.35 bits per heavy atom. The van der Waals surface area contributed by atoms with Crippen molar-refractivity contribution in [1.82, 2.24) is 9.88 Å². The summed E-state index contributed by atoms with van der Waals surface area (Å²) in [6.45, 7) is 7.52. The molecule has 1 heterocycles. The third kappa shape index (κ3) is 5.33. The summed E-state index contributed by atoms with van der Waals surface area (Å²) < 4.78 is 12.7. The van der Waals surface area contributed by atoms with Crippen LogP contribution in [0.5, 0.6) is 11.5 Å². The number of rotatable bonds is 7. The van der Waals surface area contributed by atoms with E-state index < -0.39 is 0 Å². The second kappa shape index (κ2) is 9.79. The molecule has 31 heavy (non-hydrogen) atoms. The summed E-state index contributed by atoms with van der Waals surface area (Å²) in [6, 6.07) is 11.3. The topological polar surface area (TPSA) is 64.5 Å². The molecule has 0 aliphatic heterocycles. The molecule has 2 aromatic carbocycles. The van der Waals surface area contributed by atoms with Crippen LogP contribution in [0.1, 0.15) is 27.9 Å². The van der Waals surface area contributed by atoms with Gasteiger partial charge in [-0.1, -0.05) is 29.3 Å². The zero-order valence-electron chi connectivity index (χ0n) is 18.5. The van der Waals surface area contributed by atoms with Crippen LogP contribution in [0.15, 0.2) is 42.6 Å². The molecule has 1 aromatic heterocycles. The Morgan fingerprint density at radius 2 is 1.71 bits per heavy atom. The third-order valence-electron chi connectivity index (χ3n) is 5.24. The quantitative estimate of drug-likeness (QED) is 0.512. The molecule has 164 valence electrons. The van der Waals surface area contributed by atoms with Crippen molar-refractivity contribution in [3.05, 3.63) is 75.6 Å². The highest BCUT2D eigenvalue weighted by Gasteiger charge is 2.13. The first-order valence-electron chi connectivity index (χ1n) is 9.99. The van der Waals surface area contributed by atoms with Gasteiger partial charge in [-0.25, -0.2) is 4.79 Å². The number of ether oxygens (including phenoxy) is 2. The number of aryl methyl sites for hydroxylation is 3. The van der Waals surface area contributed by atoms with Gasteiger partial charge in [0.1, 0.15) is 11.5 Å². The number of carbonyl (C=O) groups is 1. The fourth-order valence-corrected chi connectivity index (χ4v) is 3.93. The first-order chi connectivity index (χ1) is 14.8. The molecule has 6 nitrogen and oxygen atoms in total. The number of nitrogens with zero attached hydrogens (tertiary/aromatic N) is 1. The molecule has 0 radical (unpaired) electrons. The van der Waals surface area contributed by atoms with E-state index in [9.17, 15) is 4.79 Å². The van der Waals surface area contributed by atoms with E-state index in [1.54, 1.807) is 12.1 Å². The number of aromatic nitrogens is 1. The Balaban J connectivity index is 1.68. The molecule has 7 heteroatoms. The highest BCUT2D eigenvalue weighted by atomic mass is 35.5. The number of amides is 2. The molecule has 0 fully saturated rings. The van der Waals surface area contributed by atoms with E-state index in [-0.39, 0.29) is 6.03 Å². The number of nitrogens with one attached hydrogen (secondary N) is 2. The van der Waals surface area contributed by atoms with Gasteiger partial charge in [0.25, 0.3) is 0 Å². The summed E-state index contributed by atoms with van der Waals surface area (Å²) in [6.07, 6.45) is 2.03. The third-order valence-corrected chi connectivity index (χ3v) is 5.54. The molecular formula is C24H28ClN3O3. The van der Waals surface area contributed by atoms with E-state index in [0.717, 1.165) is 12.2 Å². The van der Waals surface area contributed by atoms with Crippen LogP contribution in [-0.2, 0) is 13.1 Å². The smallest absolute Gasteiger partial charge is 0.319 e. The average molecular weight is 442 g/mol. The number of methoxy groups -OCH3 is 2. The zero-order valence-corrected chi connectivity index (χ0v) is 19.3. The lowest BCUT2D eigenvalue weighted by Gasteiger charge is -2.16. The Hall–Kier alpha value is -3.12. The molecule has 3 aromatic rings. The molecule has 3 rings (SSSR count). The lowest BCUT2D eigenvalue weighted by atomic mass is 10.00. The molecule has 0 aliphatic rings. The van der Waals surface area contributed by atoms with Gasteiger partial charge in [0.15, 0.2) is 0 Å². The molecule has 0 spiro atoms. The largest absolute Gasteiger partial charge is 0.495 e. The summed E-state index contributed by atoms with van der Waals surface area (Å²) in [7, 11) is 3.04. The van der Waals surface area contributed by atoms with Crippen molar-refractivity contribution in [3.8, 4) is 11.5 Å². The summed E-state index contributed by atoms with van der Waals surface area (Å²) in [5.74, 6) is 0.939. The van der Waals surface area contributed by atoms with Gasteiger partial charge in [-0.05, 0) is 55.7 Å². The highest BCUT2D eigenvalue weighted by molar-refractivity contribution is 6.32. The lowest BCUT2D eigenvalue weighted by Crippen LogP contribution is -2.29. The van der Waals surface area contributed by atoms with Gasteiger partial charge < -0.3 is 24.7 Å². The van der Waals surface area contributed by atoms with E-state index in [4.69, 9.17) is 21.1 Å². The van der Waals surface area contributed by atoms with E-state index in [1.807, 2.05) is 18.3 Å². The van der Waals surface area contributed by atoms with Crippen LogP contribution >= 0.6 is 11.6 Å². The fraction of sp³-hybridized carbons (Fsp3) is 0.292. The number of hydrogen-bond acceptors (Lipinski definition) is 3. The number of anilines is 1. The normalized spacial score (nSPS) is 10.6. The summed E-state index contributed by atoms with van der Waals surface area (Å²) >= 11 is 6.18. The molecule has 0 saturated carbocycles. The van der Waals surface area contributed by atoms with E-state index in [0.29, 0.717) is 28.8 Å². The second-order valence-electron chi connectivity index (χ2n) is 7.50. The fourth-order valence-electron chi connectivity index (χ4n) is 3.69. The van der Waals surface area contributed by atoms with Crippen molar-refractivity contribution in [2.45, 2.75) is 33.9 Å². The van der Waals surface area contributed by atoms with Crippen molar-refractivity contribution >= 4 is 23.3 Å². The van der Waals surface area contributed by atoms with Crippen LogP contribution in [0.2, 0.25) is 5.02 Å². The van der Waals surface area contributed by atoms with E-state index in [1.165, 1.54) is 36.5 Å². The lowest BCUT2D eigenvalue weighted by molar-refractivity contribution is 0.251. The van der Waals surface area contributed by atoms with Gasteiger partial charge in [-0.15, -0.1) is 0 Å². The molecule has 0 bridgehead atoms. The minimum absolute atomic E-state index is 0.352. The predicted octanol–water partition coefficient (Wildman–Crippen LogP) is 5.45. The van der Waals surface area contributed by atoms with Gasteiger partial charge >= 0.3 is 6.03 Å². The monoisotopic (exact) mass is 441 g/mol. The van der Waals surface area contributed by atoms with Crippen LogP contribution < -0.4 is 20.1 Å². The Morgan fingerprint density at radius 1 is 1.03 bits per heavy atom. The van der Waals surface area contributed by atoms with Crippen molar-refractivity contribution in [3.63, 3.8) is 0 Å². The standard InChI is InChI=1S/C24H28ClN3O3/c1-15-9-16(2)19(17(3)10-15)14-28-8-6-7-18(28)13-26-24(29)27-21-11-20(25)22(30-4)12-23(21)31-5/h6-12H,13-14H2,1-5H3,(H2,26,27,29). The van der Waals surface area contributed by atoms with Crippen LogP contribution in [0.4, 0.5) is 10.5 Å². The van der Waals surface area contributed by atoms with Crippen LogP contribution in [0, 0.1) is 20.8 Å². The Kier molecular flexibility index (Phi) is 7.13. The zero-order chi connectivity index (χ0) is 22.5.